The van der Waals surface area contributed by atoms with Crippen molar-refractivity contribution in [2.75, 3.05) is 41.6 Å². The van der Waals surface area contributed by atoms with Gasteiger partial charge in [-0.05, 0) is 43.5 Å². The molecule has 0 radical (unpaired) electrons. The van der Waals surface area contributed by atoms with Crippen molar-refractivity contribution in [3.63, 3.8) is 0 Å². The van der Waals surface area contributed by atoms with Crippen molar-refractivity contribution in [3.05, 3.63) is 24.3 Å². The van der Waals surface area contributed by atoms with Crippen molar-refractivity contribution in [1.29, 1.82) is 0 Å². The molecule has 1 aromatic rings. The van der Waals surface area contributed by atoms with Crippen molar-refractivity contribution < 1.29 is 13.2 Å². The van der Waals surface area contributed by atoms with Crippen LogP contribution in [0.25, 0.3) is 0 Å². The van der Waals surface area contributed by atoms with Gasteiger partial charge in [0, 0.05) is 38.3 Å². The van der Waals surface area contributed by atoms with Crippen LogP contribution in [0.1, 0.15) is 45.4 Å². The van der Waals surface area contributed by atoms with Gasteiger partial charge in [0.05, 0.1) is 11.9 Å². The molecule has 0 unspecified atom stereocenters. The summed E-state index contributed by atoms with van der Waals surface area (Å²) >= 11 is 0. The number of hydrogen-bond acceptors (Lipinski definition) is 4. The second-order valence-electron chi connectivity index (χ2n) is 6.85. The van der Waals surface area contributed by atoms with Gasteiger partial charge in [0.25, 0.3) is 0 Å². The summed E-state index contributed by atoms with van der Waals surface area (Å²) in [6.45, 7) is 5.01. The van der Waals surface area contributed by atoms with Crippen LogP contribution in [0.3, 0.4) is 0 Å². The molecule has 1 heterocycles. The predicted molar refractivity (Wildman–Crippen MR) is 107 cm³/mol. The van der Waals surface area contributed by atoms with E-state index >= 15 is 0 Å². The fraction of sp³-hybridized carbons (Fsp3) is 0.632. The van der Waals surface area contributed by atoms with Gasteiger partial charge in [-0.15, -0.1) is 0 Å². The Morgan fingerprint density at radius 2 is 1.81 bits per heavy atom. The number of benzene rings is 1. The molecule has 1 N–H and O–H groups in total. The molecule has 26 heavy (non-hydrogen) atoms. The summed E-state index contributed by atoms with van der Waals surface area (Å²) in [5.74, 6) is -0.108. The molecule has 0 atom stereocenters. The van der Waals surface area contributed by atoms with Crippen LogP contribution in [0.5, 0.6) is 0 Å². The van der Waals surface area contributed by atoms with Crippen molar-refractivity contribution in [3.8, 4) is 0 Å². The smallest absolute Gasteiger partial charge is 0.232 e. The maximum atomic E-state index is 12.2. The van der Waals surface area contributed by atoms with Gasteiger partial charge in [-0.3, -0.25) is 9.10 Å². The van der Waals surface area contributed by atoms with Gasteiger partial charge in [-0.25, -0.2) is 8.42 Å². The molecule has 1 saturated heterocycles. The van der Waals surface area contributed by atoms with E-state index in [1.807, 2.05) is 24.3 Å². The fourth-order valence-corrected chi connectivity index (χ4v) is 4.11. The first-order chi connectivity index (χ1) is 12.4. The lowest BCUT2D eigenvalue weighted by Crippen LogP contribution is -2.35. The molecular formula is C19H31N3O3S. The molecule has 1 aliphatic heterocycles. The van der Waals surface area contributed by atoms with Gasteiger partial charge < -0.3 is 10.2 Å². The SMILES string of the molecule is CCCCCNC(=O)CCN(c1ccc(N2CCCC2)cc1)S(C)(=O)=O. The van der Waals surface area contributed by atoms with Crippen molar-refractivity contribution in [2.45, 2.75) is 45.4 Å². The number of rotatable bonds is 10. The number of nitrogens with zero attached hydrogens (tertiary/aromatic N) is 2. The lowest BCUT2D eigenvalue weighted by atomic mass is 10.2. The summed E-state index contributed by atoms with van der Waals surface area (Å²) < 4.78 is 25.6. The van der Waals surface area contributed by atoms with Gasteiger partial charge in [0.15, 0.2) is 0 Å². The molecule has 0 spiro atoms. The van der Waals surface area contributed by atoms with Crippen LogP contribution in [0, 0.1) is 0 Å². The third-order valence-corrected chi connectivity index (χ3v) is 5.85. The Hall–Kier alpha value is -1.76. The van der Waals surface area contributed by atoms with Gasteiger partial charge in [0.2, 0.25) is 15.9 Å². The van der Waals surface area contributed by atoms with Gasteiger partial charge in [0.1, 0.15) is 0 Å². The Morgan fingerprint density at radius 3 is 2.38 bits per heavy atom. The van der Waals surface area contributed by atoms with Crippen molar-refractivity contribution in [1.82, 2.24) is 5.32 Å². The predicted octanol–water partition coefficient (Wildman–Crippen LogP) is 2.75. The summed E-state index contributed by atoms with van der Waals surface area (Å²) in [4.78, 5) is 14.3. The molecule has 0 saturated carbocycles. The Bertz CT molecular complexity index is 668. The maximum absolute atomic E-state index is 12.2. The summed E-state index contributed by atoms with van der Waals surface area (Å²) in [5.41, 5.74) is 1.72. The largest absolute Gasteiger partial charge is 0.372 e. The first-order valence-electron chi connectivity index (χ1n) is 9.51. The highest BCUT2D eigenvalue weighted by molar-refractivity contribution is 7.92. The lowest BCUT2D eigenvalue weighted by molar-refractivity contribution is -0.120. The minimum absolute atomic E-state index is 0.108. The van der Waals surface area contributed by atoms with Gasteiger partial charge >= 0.3 is 0 Å². The minimum atomic E-state index is -3.43. The quantitative estimate of drug-likeness (QED) is 0.633. The molecule has 0 aliphatic carbocycles. The Balaban J connectivity index is 1.95. The molecule has 1 amide bonds. The van der Waals surface area contributed by atoms with Crippen LogP contribution in [-0.4, -0.2) is 46.8 Å². The number of nitrogens with one attached hydrogen (secondary N) is 1. The number of carbonyl (C=O) groups is 1. The highest BCUT2D eigenvalue weighted by Gasteiger charge is 2.19. The molecule has 146 valence electrons. The monoisotopic (exact) mass is 381 g/mol. The second kappa shape index (κ2) is 9.80. The third-order valence-electron chi connectivity index (χ3n) is 4.65. The third kappa shape index (κ3) is 6.20. The van der Waals surface area contributed by atoms with Crippen LogP contribution in [0.4, 0.5) is 11.4 Å². The topological polar surface area (TPSA) is 69.7 Å². The zero-order valence-corrected chi connectivity index (χ0v) is 16.7. The summed E-state index contributed by atoms with van der Waals surface area (Å²) in [6, 6.07) is 7.58. The van der Waals surface area contributed by atoms with Crippen LogP contribution < -0.4 is 14.5 Å². The molecule has 6 nitrogen and oxygen atoms in total. The number of amides is 1. The number of unbranched alkanes of at least 4 members (excludes halogenated alkanes) is 2. The number of hydrogen-bond donors (Lipinski definition) is 1. The molecule has 7 heteroatoms. The minimum Gasteiger partial charge on any atom is -0.372 e. The average molecular weight is 382 g/mol. The highest BCUT2D eigenvalue weighted by atomic mass is 32.2. The second-order valence-corrected chi connectivity index (χ2v) is 8.76. The first kappa shape index (κ1) is 20.6. The molecule has 1 fully saturated rings. The molecular weight excluding hydrogens is 350 g/mol. The summed E-state index contributed by atoms with van der Waals surface area (Å²) in [5, 5.41) is 2.85. The molecule has 1 aromatic carbocycles. The van der Waals surface area contributed by atoms with E-state index in [1.54, 1.807) is 0 Å². The van der Waals surface area contributed by atoms with E-state index in [0.717, 1.165) is 38.0 Å². The number of carbonyl (C=O) groups excluding carboxylic acids is 1. The number of anilines is 2. The average Bonchev–Trinajstić information content (AvgIpc) is 3.13. The van der Waals surface area contributed by atoms with Crippen LogP contribution in [0.2, 0.25) is 0 Å². The van der Waals surface area contributed by atoms with E-state index in [4.69, 9.17) is 0 Å². The van der Waals surface area contributed by atoms with Crippen molar-refractivity contribution in [2.24, 2.45) is 0 Å². The summed E-state index contributed by atoms with van der Waals surface area (Å²) in [6.07, 6.45) is 6.88. The van der Waals surface area contributed by atoms with Crippen LogP contribution in [-0.2, 0) is 14.8 Å². The van der Waals surface area contributed by atoms with E-state index in [9.17, 15) is 13.2 Å². The van der Waals surface area contributed by atoms with E-state index < -0.39 is 10.0 Å². The molecule has 1 aliphatic rings. The van der Waals surface area contributed by atoms with E-state index in [1.165, 1.54) is 23.4 Å². The summed E-state index contributed by atoms with van der Waals surface area (Å²) in [7, 11) is -3.43. The fourth-order valence-electron chi connectivity index (χ4n) is 3.19. The normalized spacial score (nSPS) is 14.5. The Morgan fingerprint density at radius 1 is 1.15 bits per heavy atom. The van der Waals surface area contributed by atoms with E-state index in [2.05, 4.69) is 17.1 Å². The zero-order valence-electron chi connectivity index (χ0n) is 15.9. The van der Waals surface area contributed by atoms with Gasteiger partial charge in [-0.2, -0.15) is 0 Å². The van der Waals surface area contributed by atoms with Crippen LogP contribution >= 0.6 is 0 Å². The molecule has 0 bridgehead atoms. The Kier molecular flexibility index (Phi) is 7.75. The molecule has 0 aromatic heterocycles. The first-order valence-corrected chi connectivity index (χ1v) is 11.4. The highest BCUT2D eigenvalue weighted by Crippen LogP contribution is 2.25. The van der Waals surface area contributed by atoms with E-state index in [0.29, 0.717) is 12.2 Å². The van der Waals surface area contributed by atoms with Crippen LogP contribution in [0.15, 0.2) is 24.3 Å². The number of sulfonamides is 1. The zero-order chi connectivity index (χ0) is 19.0. The van der Waals surface area contributed by atoms with Gasteiger partial charge in [-0.1, -0.05) is 19.8 Å². The van der Waals surface area contributed by atoms with E-state index in [-0.39, 0.29) is 18.9 Å². The molecule has 2 rings (SSSR count). The lowest BCUT2D eigenvalue weighted by Gasteiger charge is -2.24. The standard InChI is InChI=1S/C19H31N3O3S/c1-3-4-5-13-20-19(23)12-16-22(26(2,24)25)18-10-8-17(9-11-18)21-14-6-7-15-21/h8-11H,3-7,12-16H2,1-2H3,(H,20,23). The Labute approximate surface area is 157 Å². The maximum Gasteiger partial charge on any atom is 0.232 e. The van der Waals surface area contributed by atoms with Crippen molar-refractivity contribution >= 4 is 27.3 Å².